The molecular formula is C21H21N5O2S. The molecule has 0 radical (unpaired) electrons. The van der Waals surface area contributed by atoms with Crippen molar-refractivity contribution in [2.75, 3.05) is 4.72 Å². The molecule has 0 spiro atoms. The minimum Gasteiger partial charge on any atom is -0.280 e. The van der Waals surface area contributed by atoms with E-state index in [1.165, 1.54) is 0 Å². The number of hydrogen-bond donors (Lipinski definition) is 1. The Kier molecular flexibility index (Phi) is 4.58. The van der Waals surface area contributed by atoms with E-state index >= 15 is 0 Å². The molecule has 0 unspecified atom stereocenters. The van der Waals surface area contributed by atoms with Crippen molar-refractivity contribution in [1.82, 2.24) is 19.8 Å². The third-order valence-corrected chi connectivity index (χ3v) is 6.46. The Hall–Kier alpha value is -3.26. The molecule has 2 aromatic heterocycles. The quantitative estimate of drug-likeness (QED) is 0.555. The maximum Gasteiger partial charge on any atom is 0.262 e. The van der Waals surface area contributed by atoms with Gasteiger partial charge in [-0.3, -0.25) is 4.72 Å². The zero-order valence-corrected chi connectivity index (χ0v) is 17.4. The molecule has 0 atom stereocenters. The van der Waals surface area contributed by atoms with Gasteiger partial charge in [-0.2, -0.15) is 9.61 Å². The predicted octanol–water partition coefficient (Wildman–Crippen LogP) is 3.83. The van der Waals surface area contributed by atoms with Crippen LogP contribution in [-0.4, -0.2) is 28.2 Å². The molecule has 0 amide bonds. The summed E-state index contributed by atoms with van der Waals surface area (Å²) in [7, 11) is -3.67. The molecule has 1 N–H and O–H groups in total. The zero-order chi connectivity index (χ0) is 20.8. The average Bonchev–Trinajstić information content (AvgIpc) is 3.05. The molecule has 29 heavy (non-hydrogen) atoms. The van der Waals surface area contributed by atoms with Crippen LogP contribution in [0.3, 0.4) is 0 Å². The van der Waals surface area contributed by atoms with Gasteiger partial charge in [0.15, 0.2) is 11.5 Å². The summed E-state index contributed by atoms with van der Waals surface area (Å²) in [6, 6.07) is 14.4. The number of sulfonamides is 1. The molecule has 148 valence electrons. The molecule has 0 fully saturated rings. The molecule has 0 aliphatic rings. The van der Waals surface area contributed by atoms with Crippen LogP contribution in [0, 0.1) is 27.7 Å². The summed E-state index contributed by atoms with van der Waals surface area (Å²) >= 11 is 0. The van der Waals surface area contributed by atoms with Gasteiger partial charge in [-0.25, -0.2) is 8.42 Å². The van der Waals surface area contributed by atoms with Gasteiger partial charge in [0.2, 0.25) is 0 Å². The second-order valence-corrected chi connectivity index (χ2v) is 8.77. The van der Waals surface area contributed by atoms with Gasteiger partial charge in [-0.1, -0.05) is 18.2 Å². The lowest BCUT2D eigenvalue weighted by molar-refractivity contribution is 0.600. The van der Waals surface area contributed by atoms with Crippen LogP contribution in [0.1, 0.15) is 22.5 Å². The van der Waals surface area contributed by atoms with E-state index in [2.05, 4.69) is 20.0 Å². The highest BCUT2D eigenvalue weighted by atomic mass is 32.2. The van der Waals surface area contributed by atoms with E-state index in [1.807, 2.05) is 51.1 Å². The first-order chi connectivity index (χ1) is 13.7. The van der Waals surface area contributed by atoms with Gasteiger partial charge in [0.05, 0.1) is 10.6 Å². The van der Waals surface area contributed by atoms with E-state index in [0.29, 0.717) is 22.1 Å². The number of fused-ring (bicyclic) bond motifs is 1. The van der Waals surface area contributed by atoms with Crippen LogP contribution in [0.25, 0.3) is 16.9 Å². The highest BCUT2D eigenvalue weighted by molar-refractivity contribution is 7.92. The molecule has 2 heterocycles. The number of nitrogens with one attached hydrogen (secondary N) is 1. The Balaban J connectivity index is 1.62. The van der Waals surface area contributed by atoms with Gasteiger partial charge in [0, 0.05) is 11.3 Å². The van der Waals surface area contributed by atoms with E-state index in [9.17, 15) is 8.42 Å². The summed E-state index contributed by atoms with van der Waals surface area (Å²) in [5.74, 6) is 0.704. The topological polar surface area (TPSA) is 89.2 Å². The van der Waals surface area contributed by atoms with Crippen LogP contribution in [0.4, 0.5) is 5.69 Å². The summed E-state index contributed by atoms with van der Waals surface area (Å²) in [5.41, 5.74) is 5.52. The van der Waals surface area contributed by atoms with Crippen LogP contribution < -0.4 is 4.72 Å². The van der Waals surface area contributed by atoms with Gasteiger partial charge in [0.1, 0.15) is 0 Å². The van der Waals surface area contributed by atoms with Gasteiger partial charge >= 0.3 is 0 Å². The lowest BCUT2D eigenvalue weighted by Gasteiger charge is -2.13. The lowest BCUT2D eigenvalue weighted by Crippen LogP contribution is -2.14. The molecular weight excluding hydrogens is 386 g/mol. The zero-order valence-electron chi connectivity index (χ0n) is 16.6. The summed E-state index contributed by atoms with van der Waals surface area (Å²) in [5, 5.41) is 12.6. The molecule has 0 aliphatic carbocycles. The molecule has 0 aliphatic heterocycles. The van der Waals surface area contributed by atoms with Crippen molar-refractivity contribution in [3.05, 3.63) is 71.0 Å². The highest BCUT2D eigenvalue weighted by Crippen LogP contribution is 2.25. The number of aromatic nitrogens is 4. The number of nitrogens with zero attached hydrogens (tertiary/aromatic N) is 4. The van der Waals surface area contributed by atoms with Gasteiger partial charge in [0.25, 0.3) is 10.0 Å². The first kappa shape index (κ1) is 19.1. The van der Waals surface area contributed by atoms with Gasteiger partial charge in [-0.05, 0) is 74.7 Å². The Bertz CT molecular complexity index is 1330. The number of aryl methyl sites for hydroxylation is 4. The standard InChI is InChI=1S/C21H21N5O2S/c1-13-11-15(3)20(12-14(13)2)29(27,28)25-18-7-5-17(6-8-18)19-9-10-21-23-22-16(4)26(21)24-19/h5-12,25H,1-4H3. The van der Waals surface area contributed by atoms with E-state index in [-0.39, 0.29) is 0 Å². The molecule has 0 bridgehead atoms. The summed E-state index contributed by atoms with van der Waals surface area (Å²) in [4.78, 5) is 0.292. The first-order valence-electron chi connectivity index (χ1n) is 9.15. The van der Waals surface area contributed by atoms with Crippen LogP contribution in [0.5, 0.6) is 0 Å². The maximum atomic E-state index is 12.9. The number of benzene rings is 2. The van der Waals surface area contributed by atoms with Crippen molar-refractivity contribution < 1.29 is 8.42 Å². The largest absolute Gasteiger partial charge is 0.280 e. The Morgan fingerprint density at radius 1 is 0.828 bits per heavy atom. The highest BCUT2D eigenvalue weighted by Gasteiger charge is 2.18. The van der Waals surface area contributed by atoms with Crippen molar-refractivity contribution in [3.8, 4) is 11.3 Å². The third kappa shape index (κ3) is 3.58. The van der Waals surface area contributed by atoms with Crippen molar-refractivity contribution in [2.45, 2.75) is 32.6 Å². The van der Waals surface area contributed by atoms with E-state index in [4.69, 9.17) is 0 Å². The fraction of sp³-hybridized carbons (Fsp3) is 0.190. The SMILES string of the molecule is Cc1cc(C)c(S(=O)(=O)Nc2ccc(-c3ccc4nnc(C)n4n3)cc2)cc1C. The minimum atomic E-state index is -3.67. The lowest BCUT2D eigenvalue weighted by atomic mass is 10.1. The minimum absolute atomic E-state index is 0.292. The molecule has 4 aromatic rings. The maximum absolute atomic E-state index is 12.9. The van der Waals surface area contributed by atoms with E-state index < -0.39 is 10.0 Å². The van der Waals surface area contributed by atoms with E-state index in [0.717, 1.165) is 27.9 Å². The second kappa shape index (κ2) is 6.97. The molecule has 2 aromatic carbocycles. The number of hydrogen-bond acceptors (Lipinski definition) is 5. The van der Waals surface area contributed by atoms with Crippen molar-refractivity contribution >= 4 is 21.4 Å². The number of rotatable bonds is 4. The molecule has 0 saturated carbocycles. The summed E-state index contributed by atoms with van der Waals surface area (Å²) < 4.78 is 30.0. The Morgan fingerprint density at radius 2 is 1.52 bits per heavy atom. The van der Waals surface area contributed by atoms with Crippen molar-refractivity contribution in [1.29, 1.82) is 0 Å². The van der Waals surface area contributed by atoms with Gasteiger partial charge in [-0.15, -0.1) is 10.2 Å². The molecule has 0 saturated heterocycles. The predicted molar refractivity (Wildman–Crippen MR) is 112 cm³/mol. The number of anilines is 1. The Morgan fingerprint density at radius 3 is 2.24 bits per heavy atom. The van der Waals surface area contributed by atoms with Crippen LogP contribution in [0.15, 0.2) is 53.4 Å². The Labute approximate surface area is 169 Å². The molecule has 7 nitrogen and oxygen atoms in total. The normalized spacial score (nSPS) is 11.7. The van der Waals surface area contributed by atoms with Gasteiger partial charge < -0.3 is 0 Å². The monoisotopic (exact) mass is 407 g/mol. The van der Waals surface area contributed by atoms with Crippen LogP contribution >= 0.6 is 0 Å². The first-order valence-corrected chi connectivity index (χ1v) is 10.6. The van der Waals surface area contributed by atoms with Crippen LogP contribution in [0.2, 0.25) is 0 Å². The molecule has 4 rings (SSSR count). The molecule has 8 heteroatoms. The van der Waals surface area contributed by atoms with E-state index in [1.54, 1.807) is 29.6 Å². The summed E-state index contributed by atoms with van der Waals surface area (Å²) in [6.07, 6.45) is 0. The second-order valence-electron chi connectivity index (χ2n) is 7.12. The third-order valence-electron chi connectivity index (χ3n) is 4.93. The van der Waals surface area contributed by atoms with Crippen molar-refractivity contribution in [2.24, 2.45) is 0 Å². The van der Waals surface area contributed by atoms with Crippen LogP contribution in [-0.2, 0) is 10.0 Å². The fourth-order valence-electron chi connectivity index (χ4n) is 3.19. The average molecular weight is 407 g/mol. The van der Waals surface area contributed by atoms with Crippen molar-refractivity contribution in [3.63, 3.8) is 0 Å². The smallest absolute Gasteiger partial charge is 0.262 e. The fourth-order valence-corrected chi connectivity index (χ4v) is 4.56. The summed E-state index contributed by atoms with van der Waals surface area (Å²) in [6.45, 7) is 7.52.